The Morgan fingerprint density at radius 2 is 1.64 bits per heavy atom. The van der Waals surface area contributed by atoms with Crippen LogP contribution in [0.5, 0.6) is 0 Å². The van der Waals surface area contributed by atoms with Crippen LogP contribution in [0.3, 0.4) is 0 Å². The van der Waals surface area contributed by atoms with Crippen LogP contribution in [0.15, 0.2) is 48.5 Å². The van der Waals surface area contributed by atoms with Crippen molar-refractivity contribution in [3.05, 3.63) is 70.8 Å². The second kappa shape index (κ2) is 8.05. The third-order valence-corrected chi connectivity index (χ3v) is 4.83. The van der Waals surface area contributed by atoms with Crippen LogP contribution in [0.1, 0.15) is 52.1 Å². The number of carbonyl (C=O) groups is 3. The summed E-state index contributed by atoms with van der Waals surface area (Å²) in [5.41, 5.74) is 2.11. The maximum atomic E-state index is 13.1. The first-order valence-corrected chi connectivity index (χ1v) is 9.22. The zero-order chi connectivity index (χ0) is 20.3. The van der Waals surface area contributed by atoms with Gasteiger partial charge in [-0.1, -0.05) is 31.2 Å². The minimum absolute atomic E-state index is 0.277. The van der Waals surface area contributed by atoms with Crippen molar-refractivity contribution in [2.45, 2.75) is 32.9 Å². The summed E-state index contributed by atoms with van der Waals surface area (Å²) in [6.07, 6.45) is 0.747. The van der Waals surface area contributed by atoms with E-state index < -0.39 is 17.9 Å². The van der Waals surface area contributed by atoms with Gasteiger partial charge in [-0.3, -0.25) is 19.3 Å². The van der Waals surface area contributed by atoms with Gasteiger partial charge in [0.15, 0.2) is 0 Å². The van der Waals surface area contributed by atoms with Crippen LogP contribution in [0.25, 0.3) is 0 Å². The Labute approximate surface area is 164 Å². The van der Waals surface area contributed by atoms with Crippen molar-refractivity contribution in [1.29, 1.82) is 5.26 Å². The SMILES string of the molecule is CCCN(Cc1ccc(C#N)cc1)C(=O)C(C)N1C(=O)c2ccccc2C1=O. The van der Waals surface area contributed by atoms with Crippen molar-refractivity contribution < 1.29 is 14.4 Å². The smallest absolute Gasteiger partial charge is 0.262 e. The van der Waals surface area contributed by atoms with E-state index in [4.69, 9.17) is 5.26 Å². The molecule has 1 aliphatic heterocycles. The normalized spacial score (nSPS) is 13.8. The Bertz CT molecular complexity index is 925. The third-order valence-electron chi connectivity index (χ3n) is 4.83. The van der Waals surface area contributed by atoms with E-state index in [1.54, 1.807) is 60.4 Å². The molecular weight excluding hydrogens is 354 g/mol. The molecule has 3 amide bonds. The van der Waals surface area contributed by atoms with Gasteiger partial charge in [-0.15, -0.1) is 0 Å². The molecule has 2 aromatic carbocycles. The summed E-state index contributed by atoms with van der Waals surface area (Å²) in [4.78, 5) is 41.1. The zero-order valence-corrected chi connectivity index (χ0v) is 15.9. The van der Waals surface area contributed by atoms with Gasteiger partial charge in [0.1, 0.15) is 6.04 Å². The average molecular weight is 375 g/mol. The Hall–Kier alpha value is -3.46. The lowest BCUT2D eigenvalue weighted by Gasteiger charge is -2.29. The number of nitrogens with zero attached hydrogens (tertiary/aromatic N) is 3. The standard InChI is InChI=1S/C22H21N3O3/c1-3-12-24(14-17-10-8-16(13-23)9-11-17)20(26)15(2)25-21(27)18-6-4-5-7-19(18)22(25)28/h4-11,15H,3,12,14H2,1-2H3. The highest BCUT2D eigenvalue weighted by atomic mass is 16.2. The fraction of sp³-hybridized carbons (Fsp3) is 0.273. The number of rotatable bonds is 6. The number of nitriles is 1. The molecule has 0 N–H and O–H groups in total. The van der Waals surface area contributed by atoms with Crippen LogP contribution in [-0.2, 0) is 11.3 Å². The molecule has 1 heterocycles. The first kappa shape index (κ1) is 19.3. The highest BCUT2D eigenvalue weighted by Crippen LogP contribution is 2.25. The molecule has 0 saturated carbocycles. The van der Waals surface area contributed by atoms with Crippen molar-refractivity contribution in [3.63, 3.8) is 0 Å². The fourth-order valence-corrected chi connectivity index (χ4v) is 3.38. The van der Waals surface area contributed by atoms with Crippen molar-refractivity contribution >= 4 is 17.7 Å². The van der Waals surface area contributed by atoms with Crippen molar-refractivity contribution in [1.82, 2.24) is 9.80 Å². The van der Waals surface area contributed by atoms with E-state index in [0.29, 0.717) is 29.8 Å². The molecule has 1 atom stereocenters. The third kappa shape index (κ3) is 3.52. The maximum absolute atomic E-state index is 13.1. The first-order valence-electron chi connectivity index (χ1n) is 9.22. The Morgan fingerprint density at radius 1 is 1.07 bits per heavy atom. The minimum Gasteiger partial charge on any atom is -0.337 e. The molecule has 0 saturated heterocycles. The highest BCUT2D eigenvalue weighted by Gasteiger charge is 2.41. The van der Waals surface area contributed by atoms with Gasteiger partial charge in [-0.2, -0.15) is 5.26 Å². The number of hydrogen-bond donors (Lipinski definition) is 0. The van der Waals surface area contributed by atoms with E-state index in [1.165, 1.54) is 0 Å². The number of fused-ring (bicyclic) bond motifs is 1. The van der Waals surface area contributed by atoms with Gasteiger partial charge in [-0.05, 0) is 43.2 Å². The molecular formula is C22H21N3O3. The maximum Gasteiger partial charge on any atom is 0.262 e. The molecule has 0 radical (unpaired) electrons. The van der Waals surface area contributed by atoms with E-state index >= 15 is 0 Å². The topological polar surface area (TPSA) is 81.5 Å². The van der Waals surface area contributed by atoms with E-state index in [-0.39, 0.29) is 5.91 Å². The quantitative estimate of drug-likeness (QED) is 0.727. The molecule has 1 unspecified atom stereocenters. The summed E-state index contributed by atoms with van der Waals surface area (Å²) >= 11 is 0. The predicted octanol–water partition coefficient (Wildman–Crippen LogP) is 2.98. The van der Waals surface area contributed by atoms with Crippen LogP contribution < -0.4 is 0 Å². The van der Waals surface area contributed by atoms with Crippen LogP contribution in [0, 0.1) is 11.3 Å². The van der Waals surface area contributed by atoms with Crippen LogP contribution >= 0.6 is 0 Å². The number of amides is 3. The van der Waals surface area contributed by atoms with E-state index in [1.807, 2.05) is 6.92 Å². The van der Waals surface area contributed by atoms with Gasteiger partial charge in [0.05, 0.1) is 22.8 Å². The molecule has 142 valence electrons. The molecule has 2 aromatic rings. The largest absolute Gasteiger partial charge is 0.337 e. The zero-order valence-electron chi connectivity index (χ0n) is 15.9. The number of carbonyl (C=O) groups excluding carboxylic acids is 3. The summed E-state index contributed by atoms with van der Waals surface area (Å²) < 4.78 is 0. The molecule has 6 heteroatoms. The van der Waals surface area contributed by atoms with Crippen LogP contribution in [0.4, 0.5) is 0 Å². The molecule has 0 spiro atoms. The van der Waals surface area contributed by atoms with E-state index in [9.17, 15) is 14.4 Å². The number of imide groups is 1. The van der Waals surface area contributed by atoms with Crippen molar-refractivity contribution in [2.24, 2.45) is 0 Å². The van der Waals surface area contributed by atoms with Gasteiger partial charge in [0.25, 0.3) is 11.8 Å². The molecule has 28 heavy (non-hydrogen) atoms. The van der Waals surface area contributed by atoms with Gasteiger partial charge in [-0.25, -0.2) is 0 Å². The van der Waals surface area contributed by atoms with Gasteiger partial charge >= 0.3 is 0 Å². The van der Waals surface area contributed by atoms with Crippen molar-refractivity contribution in [3.8, 4) is 6.07 Å². The average Bonchev–Trinajstić information content (AvgIpc) is 2.98. The second-order valence-corrected chi connectivity index (χ2v) is 6.77. The monoisotopic (exact) mass is 375 g/mol. The molecule has 1 aliphatic rings. The molecule has 3 rings (SSSR count). The van der Waals surface area contributed by atoms with Gasteiger partial charge in [0.2, 0.25) is 5.91 Å². The lowest BCUT2D eigenvalue weighted by Crippen LogP contribution is -2.49. The Balaban J connectivity index is 1.80. The Morgan fingerprint density at radius 3 is 2.14 bits per heavy atom. The second-order valence-electron chi connectivity index (χ2n) is 6.77. The fourth-order valence-electron chi connectivity index (χ4n) is 3.38. The number of hydrogen-bond acceptors (Lipinski definition) is 4. The van der Waals surface area contributed by atoms with Crippen LogP contribution in [0.2, 0.25) is 0 Å². The van der Waals surface area contributed by atoms with Gasteiger partial charge < -0.3 is 4.90 Å². The summed E-state index contributed by atoms with van der Waals surface area (Å²) in [5, 5.41) is 8.92. The summed E-state index contributed by atoms with van der Waals surface area (Å²) in [5.74, 6) is -1.15. The molecule has 0 aliphatic carbocycles. The first-order chi connectivity index (χ1) is 13.5. The molecule has 0 fully saturated rings. The van der Waals surface area contributed by atoms with Gasteiger partial charge in [0, 0.05) is 13.1 Å². The lowest BCUT2D eigenvalue weighted by molar-refractivity contribution is -0.135. The Kier molecular flexibility index (Phi) is 5.55. The number of benzene rings is 2. The van der Waals surface area contributed by atoms with Crippen molar-refractivity contribution in [2.75, 3.05) is 6.54 Å². The summed E-state index contributed by atoms with van der Waals surface area (Å²) in [6.45, 7) is 4.41. The molecule has 0 aromatic heterocycles. The molecule has 6 nitrogen and oxygen atoms in total. The highest BCUT2D eigenvalue weighted by molar-refractivity contribution is 6.22. The summed E-state index contributed by atoms with van der Waals surface area (Å²) in [7, 11) is 0. The molecule has 0 bridgehead atoms. The van der Waals surface area contributed by atoms with Crippen LogP contribution in [-0.4, -0.2) is 40.1 Å². The predicted molar refractivity (Wildman–Crippen MR) is 103 cm³/mol. The van der Waals surface area contributed by atoms with E-state index in [2.05, 4.69) is 6.07 Å². The minimum atomic E-state index is -0.891. The van der Waals surface area contributed by atoms with E-state index in [0.717, 1.165) is 16.9 Å². The summed E-state index contributed by atoms with van der Waals surface area (Å²) in [6, 6.07) is 14.8. The lowest BCUT2D eigenvalue weighted by atomic mass is 10.1.